The first-order chi connectivity index (χ1) is 9.70. The van der Waals surface area contributed by atoms with E-state index in [4.69, 9.17) is 16.3 Å². The lowest BCUT2D eigenvalue weighted by Gasteiger charge is -2.11. The van der Waals surface area contributed by atoms with Crippen molar-refractivity contribution < 1.29 is 4.74 Å². The Morgan fingerprint density at radius 3 is 2.65 bits per heavy atom. The van der Waals surface area contributed by atoms with Crippen LogP contribution in [0.1, 0.15) is 18.1 Å². The number of rotatable bonds is 6. The number of ether oxygens (including phenoxy) is 1. The van der Waals surface area contributed by atoms with Crippen LogP contribution in [0.5, 0.6) is 5.88 Å². The van der Waals surface area contributed by atoms with Gasteiger partial charge in [-0.15, -0.1) is 0 Å². The Bertz CT molecular complexity index is 558. The number of aromatic nitrogens is 2. The minimum Gasteiger partial charge on any atom is -0.478 e. The van der Waals surface area contributed by atoms with Crippen molar-refractivity contribution in [2.45, 2.75) is 20.3 Å². The van der Waals surface area contributed by atoms with Crippen LogP contribution in [0.4, 0.5) is 5.82 Å². The van der Waals surface area contributed by atoms with E-state index in [-0.39, 0.29) is 0 Å². The van der Waals surface area contributed by atoms with E-state index < -0.39 is 0 Å². The summed E-state index contributed by atoms with van der Waals surface area (Å²) in [4.78, 5) is 8.36. The van der Waals surface area contributed by atoms with Gasteiger partial charge in [-0.05, 0) is 38.0 Å². The van der Waals surface area contributed by atoms with Crippen LogP contribution in [0.25, 0.3) is 0 Å². The molecule has 0 aliphatic carbocycles. The molecular formula is C15H18ClN3O. The van der Waals surface area contributed by atoms with Gasteiger partial charge in [0.1, 0.15) is 12.1 Å². The van der Waals surface area contributed by atoms with Gasteiger partial charge in [0.25, 0.3) is 0 Å². The zero-order valence-electron chi connectivity index (χ0n) is 11.7. The van der Waals surface area contributed by atoms with Crippen molar-refractivity contribution in [2.75, 3.05) is 18.5 Å². The van der Waals surface area contributed by atoms with Gasteiger partial charge in [0.05, 0.1) is 12.2 Å². The molecule has 0 atom stereocenters. The molecule has 20 heavy (non-hydrogen) atoms. The lowest BCUT2D eigenvalue weighted by Crippen LogP contribution is -2.09. The van der Waals surface area contributed by atoms with Crippen LogP contribution >= 0.6 is 11.6 Å². The summed E-state index contributed by atoms with van der Waals surface area (Å²) in [6.07, 6.45) is 2.42. The van der Waals surface area contributed by atoms with Gasteiger partial charge < -0.3 is 10.1 Å². The van der Waals surface area contributed by atoms with Crippen LogP contribution in [0, 0.1) is 6.92 Å². The molecule has 4 nitrogen and oxygen atoms in total. The summed E-state index contributed by atoms with van der Waals surface area (Å²) in [5.41, 5.74) is 2.17. The van der Waals surface area contributed by atoms with Crippen LogP contribution in [0.3, 0.4) is 0 Å². The first-order valence-electron chi connectivity index (χ1n) is 6.63. The molecule has 2 rings (SSSR count). The molecule has 0 radical (unpaired) electrons. The predicted octanol–water partition coefficient (Wildman–Crippen LogP) is 3.49. The van der Waals surface area contributed by atoms with Crippen molar-refractivity contribution in [1.29, 1.82) is 0 Å². The van der Waals surface area contributed by atoms with Crippen molar-refractivity contribution in [3.8, 4) is 5.88 Å². The molecule has 0 spiro atoms. The third-order valence-electron chi connectivity index (χ3n) is 2.94. The lowest BCUT2D eigenvalue weighted by molar-refractivity contribution is 0.324. The Morgan fingerprint density at radius 1 is 1.20 bits per heavy atom. The Kier molecular flexibility index (Phi) is 5.18. The quantitative estimate of drug-likeness (QED) is 0.885. The van der Waals surface area contributed by atoms with Gasteiger partial charge >= 0.3 is 0 Å². The topological polar surface area (TPSA) is 47.0 Å². The molecule has 5 heteroatoms. The normalized spacial score (nSPS) is 10.3. The van der Waals surface area contributed by atoms with Crippen LogP contribution in [-0.2, 0) is 6.42 Å². The fraction of sp³-hybridized carbons (Fsp3) is 0.333. The van der Waals surface area contributed by atoms with E-state index >= 15 is 0 Å². The fourth-order valence-corrected chi connectivity index (χ4v) is 2.00. The average molecular weight is 292 g/mol. The minimum atomic E-state index is 0.599. The second-order valence-electron chi connectivity index (χ2n) is 4.39. The van der Waals surface area contributed by atoms with E-state index in [1.807, 2.05) is 38.1 Å². The Hall–Kier alpha value is -1.81. The van der Waals surface area contributed by atoms with Gasteiger partial charge in [0.15, 0.2) is 0 Å². The maximum Gasteiger partial charge on any atom is 0.221 e. The Balaban J connectivity index is 1.94. The molecule has 0 aliphatic rings. The summed E-state index contributed by atoms with van der Waals surface area (Å²) in [5.74, 6) is 1.45. The van der Waals surface area contributed by atoms with Gasteiger partial charge in [-0.1, -0.05) is 23.7 Å². The smallest absolute Gasteiger partial charge is 0.221 e. The summed E-state index contributed by atoms with van der Waals surface area (Å²) in [7, 11) is 0. The number of nitrogens with one attached hydrogen (secondary N) is 1. The number of nitrogens with zero attached hydrogens (tertiary/aromatic N) is 2. The molecule has 0 saturated heterocycles. The summed E-state index contributed by atoms with van der Waals surface area (Å²) in [5, 5.41) is 4.07. The molecule has 1 heterocycles. The number of halogens is 1. The SMILES string of the molecule is CCOc1ncnc(NCCc2ccc(Cl)cc2)c1C. The van der Waals surface area contributed by atoms with Crippen LogP contribution in [-0.4, -0.2) is 23.1 Å². The maximum absolute atomic E-state index is 5.86. The first kappa shape index (κ1) is 14.6. The van der Waals surface area contributed by atoms with E-state index in [1.54, 1.807) is 0 Å². The molecule has 0 fully saturated rings. The molecule has 106 valence electrons. The highest BCUT2D eigenvalue weighted by Gasteiger charge is 2.07. The predicted molar refractivity (Wildman–Crippen MR) is 81.6 cm³/mol. The van der Waals surface area contributed by atoms with E-state index in [2.05, 4.69) is 15.3 Å². The molecule has 0 amide bonds. The molecule has 0 bridgehead atoms. The molecule has 0 aliphatic heterocycles. The van der Waals surface area contributed by atoms with Crippen molar-refractivity contribution in [3.63, 3.8) is 0 Å². The second kappa shape index (κ2) is 7.10. The molecule has 0 saturated carbocycles. The molecule has 1 aromatic heterocycles. The van der Waals surface area contributed by atoms with Gasteiger partial charge in [-0.2, -0.15) is 0 Å². The summed E-state index contributed by atoms with van der Waals surface area (Å²) in [6, 6.07) is 7.87. The Labute approximate surface area is 124 Å². The lowest BCUT2D eigenvalue weighted by atomic mass is 10.1. The number of anilines is 1. The van der Waals surface area contributed by atoms with E-state index in [9.17, 15) is 0 Å². The van der Waals surface area contributed by atoms with Crippen molar-refractivity contribution in [2.24, 2.45) is 0 Å². The van der Waals surface area contributed by atoms with Crippen LogP contribution in [0.15, 0.2) is 30.6 Å². The molecular weight excluding hydrogens is 274 g/mol. The van der Waals surface area contributed by atoms with Crippen molar-refractivity contribution in [1.82, 2.24) is 9.97 Å². The third-order valence-corrected chi connectivity index (χ3v) is 3.19. The van der Waals surface area contributed by atoms with Gasteiger partial charge in [0, 0.05) is 11.6 Å². The molecule has 0 unspecified atom stereocenters. The highest BCUT2D eigenvalue weighted by atomic mass is 35.5. The average Bonchev–Trinajstić information content (AvgIpc) is 2.45. The fourth-order valence-electron chi connectivity index (χ4n) is 1.87. The van der Waals surface area contributed by atoms with E-state index in [0.717, 1.165) is 29.4 Å². The second-order valence-corrected chi connectivity index (χ2v) is 4.83. The molecule has 2 aromatic rings. The Morgan fingerprint density at radius 2 is 1.95 bits per heavy atom. The minimum absolute atomic E-state index is 0.599. The van der Waals surface area contributed by atoms with Crippen molar-refractivity contribution >= 4 is 17.4 Å². The summed E-state index contributed by atoms with van der Waals surface area (Å²) >= 11 is 5.86. The first-order valence-corrected chi connectivity index (χ1v) is 7.01. The largest absolute Gasteiger partial charge is 0.478 e. The van der Waals surface area contributed by atoms with E-state index in [0.29, 0.717) is 12.5 Å². The van der Waals surface area contributed by atoms with Gasteiger partial charge in [0.2, 0.25) is 5.88 Å². The number of benzene rings is 1. The van der Waals surface area contributed by atoms with Gasteiger partial charge in [-0.3, -0.25) is 0 Å². The van der Waals surface area contributed by atoms with Gasteiger partial charge in [-0.25, -0.2) is 9.97 Å². The van der Waals surface area contributed by atoms with E-state index in [1.165, 1.54) is 11.9 Å². The van der Waals surface area contributed by atoms with Crippen LogP contribution < -0.4 is 10.1 Å². The van der Waals surface area contributed by atoms with Crippen LogP contribution in [0.2, 0.25) is 5.02 Å². The zero-order chi connectivity index (χ0) is 14.4. The number of hydrogen-bond donors (Lipinski definition) is 1. The zero-order valence-corrected chi connectivity index (χ0v) is 12.4. The highest BCUT2D eigenvalue weighted by Crippen LogP contribution is 2.20. The number of hydrogen-bond acceptors (Lipinski definition) is 4. The van der Waals surface area contributed by atoms with Crippen molar-refractivity contribution in [3.05, 3.63) is 46.7 Å². The third kappa shape index (κ3) is 3.84. The monoisotopic (exact) mass is 291 g/mol. The summed E-state index contributed by atoms with van der Waals surface area (Å²) in [6.45, 7) is 5.29. The molecule has 1 N–H and O–H groups in total. The summed E-state index contributed by atoms with van der Waals surface area (Å²) < 4.78 is 5.45. The standard InChI is InChI=1S/C15H18ClN3O/c1-3-20-15-11(2)14(18-10-19-15)17-9-8-12-4-6-13(16)7-5-12/h4-7,10H,3,8-9H2,1-2H3,(H,17,18,19). The maximum atomic E-state index is 5.86. The highest BCUT2D eigenvalue weighted by molar-refractivity contribution is 6.30. The molecule has 1 aromatic carbocycles.